The second-order valence-electron chi connectivity index (χ2n) is 15.6. The number of imidazole rings is 2. The van der Waals surface area contributed by atoms with E-state index in [4.69, 9.17) is 11.6 Å². The average Bonchev–Trinajstić information content (AvgIpc) is 4.21. The van der Waals surface area contributed by atoms with Crippen LogP contribution in [0.1, 0.15) is 31.4 Å². The zero-order valence-corrected chi connectivity index (χ0v) is 37.1. The van der Waals surface area contributed by atoms with Crippen LogP contribution in [0.4, 0.5) is 17.6 Å². The Morgan fingerprint density at radius 3 is 1.44 bits per heavy atom. The minimum absolute atomic E-state index is 0. The lowest BCUT2D eigenvalue weighted by Crippen LogP contribution is -3.00. The molecule has 63 heavy (non-hydrogen) atoms. The second kappa shape index (κ2) is 19.3. The van der Waals surface area contributed by atoms with Crippen LogP contribution in [-0.4, -0.2) is 34.9 Å². The van der Waals surface area contributed by atoms with Crippen molar-refractivity contribution in [2.45, 2.75) is 32.1 Å². The van der Waals surface area contributed by atoms with Gasteiger partial charge in [0.15, 0.2) is 16.4 Å². The van der Waals surface area contributed by atoms with Crippen molar-refractivity contribution in [2.24, 2.45) is 11.8 Å². The quantitative estimate of drug-likeness (QED) is 0.108. The van der Waals surface area contributed by atoms with Gasteiger partial charge in [-0.15, -0.1) is 0 Å². The molecule has 0 saturated heterocycles. The number of hydrogen-bond donors (Lipinski definition) is 0. The number of halogens is 6. The summed E-state index contributed by atoms with van der Waals surface area (Å²) in [6, 6.07) is 40.5. The van der Waals surface area contributed by atoms with E-state index in [1.165, 1.54) is 78.2 Å². The minimum atomic E-state index is -1.55. The highest BCUT2D eigenvalue weighted by molar-refractivity contribution is 7.95. The van der Waals surface area contributed by atoms with Gasteiger partial charge in [-0.25, -0.2) is 32.5 Å². The van der Waals surface area contributed by atoms with Gasteiger partial charge in [0.25, 0.3) is 0 Å². The van der Waals surface area contributed by atoms with Gasteiger partial charge >= 0.3 is 0 Å². The summed E-state index contributed by atoms with van der Waals surface area (Å²) in [6.45, 7) is 0. The molecule has 2 aliphatic carbocycles. The normalized spacial score (nSPS) is 13.4. The lowest BCUT2D eigenvalue weighted by Gasteiger charge is -2.27. The van der Waals surface area contributed by atoms with Gasteiger partial charge in [0.2, 0.25) is 0 Å². The summed E-state index contributed by atoms with van der Waals surface area (Å²) in [5.41, 5.74) is 3.52. The first-order valence-electron chi connectivity index (χ1n) is 20.5. The molecule has 318 valence electrons. The average molecular weight is 948 g/mol. The first-order chi connectivity index (χ1) is 30.2. The fraction of sp³-hybridized carbons (Fsp3) is 0.160. The summed E-state index contributed by atoms with van der Waals surface area (Å²) in [7, 11) is -1.55. The van der Waals surface area contributed by atoms with Crippen molar-refractivity contribution in [2.75, 3.05) is 6.16 Å². The summed E-state index contributed by atoms with van der Waals surface area (Å²) >= 11 is 5.87. The summed E-state index contributed by atoms with van der Waals surface area (Å²) in [6.07, 6.45) is 17.6. The first kappa shape index (κ1) is 43.9. The van der Waals surface area contributed by atoms with Crippen LogP contribution in [0, 0.1) is 35.1 Å². The Balaban J connectivity index is 0.000000130. The van der Waals surface area contributed by atoms with Crippen LogP contribution in [0.25, 0.3) is 33.8 Å². The molecule has 0 aliphatic heterocycles. The highest BCUT2D eigenvalue weighted by Gasteiger charge is 2.49. The number of rotatable bonds is 9. The van der Waals surface area contributed by atoms with E-state index >= 15 is 0 Å². The lowest BCUT2D eigenvalue weighted by atomic mass is 10.1. The Morgan fingerprint density at radius 1 is 0.556 bits per heavy atom. The second-order valence-corrected chi connectivity index (χ2v) is 19.5. The molecular weight excluding hydrogens is 907 g/mol. The van der Waals surface area contributed by atoms with Crippen LogP contribution in [0.2, 0.25) is 5.15 Å². The van der Waals surface area contributed by atoms with E-state index in [1.807, 2.05) is 4.40 Å². The summed E-state index contributed by atoms with van der Waals surface area (Å²) in [4.78, 5) is 16.9. The number of aromatic nitrogens is 6. The molecule has 0 bridgehead atoms. The van der Waals surface area contributed by atoms with Crippen molar-refractivity contribution in [1.29, 1.82) is 0 Å². The first-order valence-corrected chi connectivity index (χ1v) is 22.9. The summed E-state index contributed by atoms with van der Waals surface area (Å²) in [5, 5.41) is 4.78. The molecule has 2 saturated carbocycles. The number of fused-ring (bicyclic) bond motifs is 2. The lowest BCUT2D eigenvalue weighted by molar-refractivity contribution is -0.0000148. The third kappa shape index (κ3) is 9.91. The Hall–Kier alpha value is -5.74. The molecule has 0 unspecified atom stereocenters. The third-order valence-corrected chi connectivity index (χ3v) is 16.1. The van der Waals surface area contributed by atoms with E-state index in [1.54, 1.807) is 35.4 Å². The van der Waals surface area contributed by atoms with E-state index in [0.717, 1.165) is 35.8 Å². The largest absolute Gasteiger partial charge is 1.00 e. The van der Waals surface area contributed by atoms with Crippen molar-refractivity contribution >= 4 is 46.1 Å². The van der Waals surface area contributed by atoms with Crippen LogP contribution >= 0.6 is 18.9 Å². The smallest absolute Gasteiger partial charge is 0.175 e. The van der Waals surface area contributed by atoms with Gasteiger partial charge in [-0.05, 0) is 105 Å². The van der Waals surface area contributed by atoms with Crippen LogP contribution in [0.5, 0.6) is 0 Å². The number of benzene rings is 5. The van der Waals surface area contributed by atoms with Crippen LogP contribution in [0.15, 0.2) is 165 Å². The van der Waals surface area contributed by atoms with E-state index in [0.29, 0.717) is 28.5 Å². The SMILES string of the molecule is Fc1ccc(-c2cn3ccnc(CC4CC4)c3n2)c(F)c1.Fc1ccc(-c2cn3ccnc(Cl)c3n2)c(F)c1.[Br-].c1ccc([P+](CC2CC2)(c2ccccc2)c2ccccc2)cc1. The standard InChI is InChI=1S/C22H22P.C16H13F2N3.C12H6ClF2N3.BrH/c1-4-10-20(11-5-1)23(18-19-16-17-19,21-12-6-2-7-13-21)22-14-8-3-9-15-22;17-11-3-4-12(13(18)8-11)15-9-21-6-5-19-14(16(21)20-15)7-10-1-2-10;13-11-12-17-10(6-18(12)4-3-16-11)8-2-1-7(14)5-9(8)15;/h1-15,19H,16-18H2;3-6,8-10H,1-2,7H2;1-6H;1H/q+1;;;/p-1. The minimum Gasteiger partial charge on any atom is -1.00 e. The summed E-state index contributed by atoms with van der Waals surface area (Å²) < 4.78 is 56.8. The van der Waals surface area contributed by atoms with Crippen molar-refractivity contribution in [3.8, 4) is 22.5 Å². The Labute approximate surface area is 378 Å². The molecule has 0 spiro atoms. The molecule has 13 heteroatoms. The predicted molar refractivity (Wildman–Crippen MR) is 241 cm³/mol. The predicted octanol–water partition coefficient (Wildman–Crippen LogP) is 8.35. The van der Waals surface area contributed by atoms with Crippen LogP contribution < -0.4 is 32.9 Å². The molecular formula is C50H41BrClF4N6P. The van der Waals surface area contributed by atoms with Gasteiger partial charge in [0.05, 0.1) is 23.2 Å². The van der Waals surface area contributed by atoms with E-state index in [-0.39, 0.29) is 27.7 Å². The van der Waals surface area contributed by atoms with E-state index in [9.17, 15) is 17.6 Å². The van der Waals surface area contributed by atoms with Crippen LogP contribution in [-0.2, 0) is 6.42 Å². The van der Waals surface area contributed by atoms with Gasteiger partial charge in [-0.1, -0.05) is 66.2 Å². The topological polar surface area (TPSA) is 60.4 Å². The van der Waals surface area contributed by atoms with E-state index in [2.05, 4.69) is 111 Å². The molecule has 11 rings (SSSR count). The highest BCUT2D eigenvalue weighted by Crippen LogP contribution is 2.59. The van der Waals surface area contributed by atoms with Gasteiger partial charge in [-0.3, -0.25) is 4.98 Å². The van der Waals surface area contributed by atoms with Crippen LogP contribution in [0.3, 0.4) is 0 Å². The summed E-state index contributed by atoms with van der Waals surface area (Å²) in [5.74, 6) is -0.885. The molecule has 0 amide bonds. The monoisotopic (exact) mass is 946 g/mol. The highest BCUT2D eigenvalue weighted by atomic mass is 79.9. The molecule has 4 heterocycles. The zero-order chi connectivity index (χ0) is 42.6. The molecule has 4 aromatic heterocycles. The maximum Gasteiger partial charge on any atom is 0.175 e. The van der Waals surface area contributed by atoms with Gasteiger partial charge in [-0.2, -0.15) is 0 Å². The number of nitrogens with zero attached hydrogens (tertiary/aromatic N) is 6. The van der Waals surface area contributed by atoms with Crippen molar-refractivity contribution in [3.63, 3.8) is 0 Å². The van der Waals surface area contributed by atoms with Gasteiger partial charge in [0, 0.05) is 60.4 Å². The molecule has 0 radical (unpaired) electrons. The molecule has 2 fully saturated rings. The fourth-order valence-corrected chi connectivity index (χ4v) is 12.7. The number of hydrogen-bond acceptors (Lipinski definition) is 4. The van der Waals surface area contributed by atoms with Crippen molar-refractivity contribution < 1.29 is 34.5 Å². The Bertz CT molecular complexity index is 2870. The van der Waals surface area contributed by atoms with Gasteiger partial charge in [0.1, 0.15) is 46.4 Å². The maximum atomic E-state index is 13.9. The van der Waals surface area contributed by atoms with E-state index < -0.39 is 30.5 Å². The molecule has 6 nitrogen and oxygen atoms in total. The molecule has 2 aliphatic rings. The Morgan fingerprint density at radius 2 is 1.00 bits per heavy atom. The molecule has 5 aromatic carbocycles. The van der Waals surface area contributed by atoms with Crippen molar-refractivity contribution in [3.05, 3.63) is 199 Å². The zero-order valence-electron chi connectivity index (χ0n) is 33.9. The fourth-order valence-electron chi connectivity index (χ4n) is 7.75. The molecule has 9 aromatic rings. The Kier molecular flexibility index (Phi) is 13.5. The molecule has 0 N–H and O–H groups in total. The maximum absolute atomic E-state index is 13.9. The van der Waals surface area contributed by atoms with Crippen molar-refractivity contribution in [1.82, 2.24) is 28.7 Å². The van der Waals surface area contributed by atoms with Gasteiger partial charge < -0.3 is 25.8 Å². The third-order valence-electron chi connectivity index (χ3n) is 11.2. The molecule has 0 atom stereocenters.